The molecule has 2 unspecified atom stereocenters. The highest BCUT2D eigenvalue weighted by Crippen LogP contribution is 2.61. The predicted octanol–water partition coefficient (Wildman–Crippen LogP) is 0.186. The van der Waals surface area contributed by atoms with Crippen molar-refractivity contribution in [1.29, 1.82) is 0 Å². The Balaban J connectivity index is 2.91. The number of methoxy groups -OCH3 is 2. The smallest absolute Gasteiger partial charge is 0.469 e. The van der Waals surface area contributed by atoms with Gasteiger partial charge in [-0.1, -0.05) is 6.07 Å². The summed E-state index contributed by atoms with van der Waals surface area (Å²) in [5.41, 5.74) is 0.914. The first kappa shape index (κ1) is 26.8. The van der Waals surface area contributed by atoms with E-state index in [2.05, 4.69) is 14.8 Å². The van der Waals surface area contributed by atoms with E-state index < -0.39 is 45.0 Å². The SMILES string of the molecule is COC(=O)Cc1cc(CC(=O)OC)cc(C(=O)NCCCC(O)([P+](=O)O)P(=O)(O)O)c1. The van der Waals surface area contributed by atoms with Gasteiger partial charge in [-0.05, 0) is 34.2 Å². The van der Waals surface area contributed by atoms with Crippen molar-refractivity contribution in [3.05, 3.63) is 34.9 Å². The molecule has 0 saturated heterocycles. The number of rotatable bonds is 11. The molecule has 0 aliphatic carbocycles. The number of esters is 2. The van der Waals surface area contributed by atoms with Gasteiger partial charge in [0.25, 0.3) is 5.91 Å². The third-order valence-electron chi connectivity index (χ3n) is 4.21. The molecule has 0 aromatic heterocycles. The highest BCUT2D eigenvalue weighted by atomic mass is 31.2. The van der Waals surface area contributed by atoms with E-state index in [4.69, 9.17) is 14.7 Å². The molecule has 1 aromatic carbocycles. The average Bonchev–Trinajstić information content (AvgIpc) is 2.69. The minimum atomic E-state index is -5.29. The van der Waals surface area contributed by atoms with Gasteiger partial charge < -0.3 is 29.7 Å². The predicted molar refractivity (Wildman–Crippen MR) is 106 cm³/mol. The molecule has 0 bridgehead atoms. The molecule has 172 valence electrons. The molecule has 14 heteroatoms. The van der Waals surface area contributed by atoms with Crippen LogP contribution in [0.15, 0.2) is 18.2 Å². The Morgan fingerprint density at radius 2 is 1.55 bits per heavy atom. The van der Waals surface area contributed by atoms with E-state index in [0.717, 1.165) is 0 Å². The summed E-state index contributed by atoms with van der Waals surface area (Å²) in [5, 5.41) is 9.13. The molecular weight excluding hydrogens is 456 g/mol. The fourth-order valence-corrected chi connectivity index (χ4v) is 4.25. The third kappa shape index (κ3) is 7.77. The van der Waals surface area contributed by atoms with Crippen molar-refractivity contribution in [2.75, 3.05) is 20.8 Å². The molecule has 1 amide bonds. The number of aliphatic hydroxyl groups is 1. The third-order valence-corrected chi connectivity index (χ3v) is 7.50. The van der Waals surface area contributed by atoms with Crippen LogP contribution in [-0.4, -0.2) is 63.5 Å². The van der Waals surface area contributed by atoms with Crippen molar-refractivity contribution in [1.82, 2.24) is 5.32 Å². The fraction of sp³-hybridized carbons (Fsp3) is 0.471. The Labute approximate surface area is 178 Å². The van der Waals surface area contributed by atoms with Crippen molar-refractivity contribution >= 4 is 33.5 Å². The van der Waals surface area contributed by atoms with Crippen LogP contribution in [0.5, 0.6) is 0 Å². The Morgan fingerprint density at radius 3 is 1.94 bits per heavy atom. The summed E-state index contributed by atoms with van der Waals surface area (Å²) in [6.45, 7) is -0.183. The Hall–Kier alpha value is -2.20. The number of carbonyl (C=O) groups is 3. The second-order valence-corrected chi connectivity index (χ2v) is 9.96. The van der Waals surface area contributed by atoms with Crippen LogP contribution in [0.1, 0.15) is 34.3 Å². The average molecular weight is 480 g/mol. The molecule has 0 spiro atoms. The quantitative estimate of drug-likeness (QED) is 0.165. The van der Waals surface area contributed by atoms with E-state index >= 15 is 0 Å². The maximum atomic E-state index is 12.4. The molecular formula is C17H24NO11P2+. The molecule has 12 nitrogen and oxygen atoms in total. The molecule has 0 saturated carbocycles. The van der Waals surface area contributed by atoms with Crippen molar-refractivity contribution in [2.45, 2.75) is 30.8 Å². The lowest BCUT2D eigenvalue weighted by atomic mass is 10.0. The molecule has 0 aliphatic heterocycles. The van der Waals surface area contributed by atoms with Crippen LogP contribution in [0, 0.1) is 0 Å². The summed E-state index contributed by atoms with van der Waals surface area (Å²) in [5.74, 6) is -1.75. The largest absolute Gasteiger partial charge is 0.554 e. The molecule has 2 atom stereocenters. The lowest BCUT2D eigenvalue weighted by Gasteiger charge is -2.16. The van der Waals surface area contributed by atoms with Gasteiger partial charge in [-0.3, -0.25) is 18.9 Å². The van der Waals surface area contributed by atoms with E-state index in [1.165, 1.54) is 26.4 Å². The summed E-state index contributed by atoms with van der Waals surface area (Å²) in [4.78, 5) is 62.8. The van der Waals surface area contributed by atoms with Gasteiger partial charge in [0.05, 0.1) is 27.1 Å². The molecule has 0 heterocycles. The minimum Gasteiger partial charge on any atom is -0.469 e. The van der Waals surface area contributed by atoms with Crippen LogP contribution in [-0.2, 0) is 41.0 Å². The van der Waals surface area contributed by atoms with E-state index in [1.807, 2.05) is 0 Å². The monoisotopic (exact) mass is 480 g/mol. The van der Waals surface area contributed by atoms with Crippen molar-refractivity contribution in [3.63, 3.8) is 0 Å². The van der Waals surface area contributed by atoms with Gasteiger partial charge >= 0.3 is 32.6 Å². The van der Waals surface area contributed by atoms with Gasteiger partial charge in [0, 0.05) is 18.5 Å². The van der Waals surface area contributed by atoms with Crippen molar-refractivity contribution in [2.24, 2.45) is 0 Å². The van der Waals surface area contributed by atoms with E-state index in [-0.39, 0.29) is 31.4 Å². The van der Waals surface area contributed by atoms with Crippen LogP contribution in [0.4, 0.5) is 0 Å². The second kappa shape index (κ2) is 11.4. The number of ether oxygens (including phenoxy) is 2. The second-order valence-electron chi connectivity index (χ2n) is 6.49. The molecule has 0 radical (unpaired) electrons. The van der Waals surface area contributed by atoms with Gasteiger partial charge in [0.1, 0.15) is 0 Å². The summed E-state index contributed by atoms with van der Waals surface area (Å²) >= 11 is 0. The molecule has 1 rings (SSSR count). The van der Waals surface area contributed by atoms with Crippen molar-refractivity contribution in [3.8, 4) is 0 Å². The number of hydrogen-bond acceptors (Lipinski definition) is 8. The van der Waals surface area contributed by atoms with Gasteiger partial charge in [0.15, 0.2) is 0 Å². The zero-order valence-electron chi connectivity index (χ0n) is 16.8. The number of carbonyl (C=O) groups excluding carboxylic acids is 3. The van der Waals surface area contributed by atoms with Gasteiger partial charge in [-0.2, -0.15) is 4.89 Å². The van der Waals surface area contributed by atoms with Gasteiger partial charge in [-0.15, -0.1) is 0 Å². The maximum absolute atomic E-state index is 12.4. The summed E-state index contributed by atoms with van der Waals surface area (Å²) in [6.07, 6.45) is -1.25. The van der Waals surface area contributed by atoms with Gasteiger partial charge in [0.2, 0.25) is 0 Å². The highest BCUT2D eigenvalue weighted by molar-refractivity contribution is 7.66. The van der Waals surface area contributed by atoms with Crippen LogP contribution in [0.25, 0.3) is 0 Å². The molecule has 5 N–H and O–H groups in total. The number of hydrogen-bond donors (Lipinski definition) is 5. The minimum absolute atomic E-state index is 0.0961. The van der Waals surface area contributed by atoms with Crippen LogP contribution in [0.3, 0.4) is 0 Å². The number of nitrogens with one attached hydrogen (secondary N) is 1. The van der Waals surface area contributed by atoms with Crippen LogP contribution < -0.4 is 5.32 Å². The van der Waals surface area contributed by atoms with E-state index in [1.54, 1.807) is 6.07 Å². The standard InChI is InChI=1S/C17H23NO11P2/c1-28-14(19)9-11-6-12(10-15(20)29-2)8-13(7-11)16(21)18-5-3-4-17(22,30(23)24)31(25,26)27/h6-8,22H,3-5,9-10H2,1-2H3,(H3-,18,21,23,24,25,26,27)/p+1. The molecule has 1 aromatic rings. The molecule has 31 heavy (non-hydrogen) atoms. The number of amides is 1. The zero-order valence-corrected chi connectivity index (χ0v) is 18.6. The number of benzene rings is 1. The van der Waals surface area contributed by atoms with E-state index in [0.29, 0.717) is 11.1 Å². The Kier molecular flexibility index (Phi) is 9.89. The zero-order chi connectivity index (χ0) is 23.8. The first-order valence-electron chi connectivity index (χ1n) is 8.83. The lowest BCUT2D eigenvalue weighted by molar-refractivity contribution is -0.140. The van der Waals surface area contributed by atoms with Gasteiger partial charge in [-0.25, -0.2) is 0 Å². The topological polar surface area (TPSA) is 197 Å². The van der Waals surface area contributed by atoms with Crippen LogP contribution >= 0.6 is 15.6 Å². The first-order valence-corrected chi connectivity index (χ1v) is 11.7. The fourth-order valence-electron chi connectivity index (χ4n) is 2.56. The normalized spacial score (nSPS) is 13.7. The van der Waals surface area contributed by atoms with Crippen molar-refractivity contribution < 1.29 is 52.8 Å². The lowest BCUT2D eigenvalue weighted by Crippen LogP contribution is -2.29. The van der Waals surface area contributed by atoms with E-state index in [9.17, 15) is 28.6 Å². The Bertz CT molecular complexity index is 862. The molecule has 0 fully saturated rings. The molecule has 0 aliphatic rings. The summed E-state index contributed by atoms with van der Waals surface area (Å²) in [7, 11) is -6.48. The van der Waals surface area contributed by atoms with Crippen LogP contribution in [0.2, 0.25) is 0 Å². The summed E-state index contributed by atoms with van der Waals surface area (Å²) < 4.78 is 31.6. The highest BCUT2D eigenvalue weighted by Gasteiger charge is 2.62. The summed E-state index contributed by atoms with van der Waals surface area (Å²) in [6, 6.07) is 4.36. The maximum Gasteiger partial charge on any atom is 0.554 e. The Morgan fingerprint density at radius 1 is 1.06 bits per heavy atom. The first-order chi connectivity index (χ1) is 14.3.